The van der Waals surface area contributed by atoms with Gasteiger partial charge in [-0.3, -0.25) is 4.79 Å². The van der Waals surface area contributed by atoms with Crippen LogP contribution in [0.25, 0.3) is 0 Å². The fourth-order valence-electron chi connectivity index (χ4n) is 1.84. The summed E-state index contributed by atoms with van der Waals surface area (Å²) in [5.74, 6) is 1.19. The first kappa shape index (κ1) is 15.2. The van der Waals surface area contributed by atoms with Crippen LogP contribution in [0.3, 0.4) is 0 Å². The molecule has 1 unspecified atom stereocenters. The van der Waals surface area contributed by atoms with Gasteiger partial charge in [-0.05, 0) is 12.8 Å². The van der Waals surface area contributed by atoms with Crippen LogP contribution in [0.4, 0.5) is 11.6 Å². The van der Waals surface area contributed by atoms with Crippen molar-refractivity contribution in [3.05, 3.63) is 12.4 Å². The molecule has 0 aliphatic carbocycles. The molecule has 6 nitrogen and oxygen atoms in total. The molecule has 0 bridgehead atoms. The number of carbonyl (C=O) groups is 1. The molecule has 6 heteroatoms. The largest absolute Gasteiger partial charge is 0.481 e. The van der Waals surface area contributed by atoms with Crippen molar-refractivity contribution in [2.75, 3.05) is 23.8 Å². The minimum atomic E-state index is -0.828. The predicted octanol–water partition coefficient (Wildman–Crippen LogP) is 1.84. The van der Waals surface area contributed by atoms with Crippen LogP contribution in [-0.2, 0) is 4.79 Å². The number of hydrogen-bond donors (Lipinski definition) is 2. The summed E-state index contributed by atoms with van der Waals surface area (Å²) < 4.78 is 0. The Hall–Kier alpha value is -1.85. The molecule has 0 aliphatic rings. The van der Waals surface area contributed by atoms with Gasteiger partial charge in [0, 0.05) is 25.7 Å². The van der Waals surface area contributed by atoms with Crippen molar-refractivity contribution < 1.29 is 9.90 Å². The average molecular weight is 266 g/mol. The Balaban J connectivity index is 2.68. The standard InChI is InChI=1S/C13H22N4O2/c1-9(2)7-17(4)12-6-11(14-8-15-12)16-10(3)5-13(18)19/h6,8-10H,5,7H2,1-4H3,(H,18,19)(H,14,15,16). The Morgan fingerprint density at radius 2 is 2.11 bits per heavy atom. The second-order valence-corrected chi connectivity index (χ2v) is 5.18. The smallest absolute Gasteiger partial charge is 0.305 e. The number of aliphatic carboxylic acids is 1. The highest BCUT2D eigenvalue weighted by molar-refractivity contribution is 5.68. The molecule has 0 amide bonds. The first-order chi connectivity index (χ1) is 8.88. The summed E-state index contributed by atoms with van der Waals surface area (Å²) in [7, 11) is 1.98. The Morgan fingerprint density at radius 3 is 2.68 bits per heavy atom. The minimum Gasteiger partial charge on any atom is -0.481 e. The molecule has 0 saturated carbocycles. The van der Waals surface area contributed by atoms with E-state index in [1.54, 1.807) is 0 Å². The van der Waals surface area contributed by atoms with Crippen LogP contribution >= 0.6 is 0 Å². The summed E-state index contributed by atoms with van der Waals surface area (Å²) in [6.45, 7) is 7.01. The third-order valence-corrected chi connectivity index (χ3v) is 2.56. The van der Waals surface area contributed by atoms with Gasteiger partial charge < -0.3 is 15.3 Å². The van der Waals surface area contributed by atoms with E-state index in [0.29, 0.717) is 11.7 Å². The lowest BCUT2D eigenvalue weighted by atomic mass is 10.2. The number of anilines is 2. The SMILES string of the molecule is CC(C)CN(C)c1cc(NC(C)CC(=O)O)ncn1. The van der Waals surface area contributed by atoms with Gasteiger partial charge in [0.25, 0.3) is 0 Å². The first-order valence-electron chi connectivity index (χ1n) is 6.40. The van der Waals surface area contributed by atoms with Gasteiger partial charge in [-0.2, -0.15) is 0 Å². The summed E-state index contributed by atoms with van der Waals surface area (Å²) in [6, 6.07) is 1.66. The molecule has 1 aromatic heterocycles. The molecule has 0 aromatic carbocycles. The van der Waals surface area contributed by atoms with Gasteiger partial charge in [0.05, 0.1) is 6.42 Å². The van der Waals surface area contributed by atoms with Gasteiger partial charge in [-0.25, -0.2) is 9.97 Å². The topological polar surface area (TPSA) is 78.4 Å². The quantitative estimate of drug-likeness (QED) is 0.784. The van der Waals surface area contributed by atoms with E-state index in [1.807, 2.05) is 20.0 Å². The van der Waals surface area contributed by atoms with Crippen LogP contribution in [0.1, 0.15) is 27.2 Å². The van der Waals surface area contributed by atoms with Crippen molar-refractivity contribution in [3.63, 3.8) is 0 Å². The Bertz CT molecular complexity index is 423. The first-order valence-corrected chi connectivity index (χ1v) is 6.40. The molecule has 0 spiro atoms. The zero-order chi connectivity index (χ0) is 14.4. The Labute approximate surface area is 113 Å². The monoisotopic (exact) mass is 266 g/mol. The lowest BCUT2D eigenvalue weighted by Crippen LogP contribution is -2.24. The number of nitrogens with one attached hydrogen (secondary N) is 1. The van der Waals surface area contributed by atoms with Crippen molar-refractivity contribution in [1.29, 1.82) is 0 Å². The predicted molar refractivity (Wildman–Crippen MR) is 75.5 cm³/mol. The number of rotatable bonds is 7. The van der Waals surface area contributed by atoms with E-state index in [1.165, 1.54) is 6.33 Å². The van der Waals surface area contributed by atoms with Crippen molar-refractivity contribution in [1.82, 2.24) is 9.97 Å². The van der Waals surface area contributed by atoms with Gasteiger partial charge in [0.2, 0.25) is 0 Å². The van der Waals surface area contributed by atoms with E-state index in [2.05, 4.69) is 34.0 Å². The third kappa shape index (κ3) is 5.54. The van der Waals surface area contributed by atoms with Crippen LogP contribution < -0.4 is 10.2 Å². The summed E-state index contributed by atoms with van der Waals surface area (Å²) >= 11 is 0. The second-order valence-electron chi connectivity index (χ2n) is 5.18. The van der Waals surface area contributed by atoms with Crippen molar-refractivity contribution >= 4 is 17.6 Å². The molecule has 0 radical (unpaired) electrons. The van der Waals surface area contributed by atoms with Crippen LogP contribution in [0, 0.1) is 5.92 Å². The summed E-state index contributed by atoms with van der Waals surface area (Å²) in [5, 5.41) is 11.8. The van der Waals surface area contributed by atoms with Crippen molar-refractivity contribution in [2.45, 2.75) is 33.2 Å². The van der Waals surface area contributed by atoms with E-state index in [9.17, 15) is 4.79 Å². The van der Waals surface area contributed by atoms with Gasteiger partial charge in [-0.1, -0.05) is 13.8 Å². The molecule has 1 atom stereocenters. The average Bonchev–Trinajstić information content (AvgIpc) is 2.27. The fraction of sp³-hybridized carbons (Fsp3) is 0.615. The summed E-state index contributed by atoms with van der Waals surface area (Å²) in [5.41, 5.74) is 0. The van der Waals surface area contributed by atoms with E-state index >= 15 is 0 Å². The molecule has 19 heavy (non-hydrogen) atoms. The maximum Gasteiger partial charge on any atom is 0.305 e. The molecule has 0 aliphatic heterocycles. The highest BCUT2D eigenvalue weighted by Gasteiger charge is 2.10. The normalized spacial score (nSPS) is 12.3. The van der Waals surface area contributed by atoms with Crippen LogP contribution in [-0.4, -0.2) is 40.7 Å². The number of hydrogen-bond acceptors (Lipinski definition) is 5. The maximum absolute atomic E-state index is 10.6. The Kier molecular flexibility index (Phi) is 5.54. The van der Waals surface area contributed by atoms with Crippen molar-refractivity contribution in [3.8, 4) is 0 Å². The molecule has 2 N–H and O–H groups in total. The lowest BCUT2D eigenvalue weighted by molar-refractivity contribution is -0.137. The second kappa shape index (κ2) is 6.92. The van der Waals surface area contributed by atoms with E-state index in [0.717, 1.165) is 12.4 Å². The molecule has 1 heterocycles. The number of aromatic nitrogens is 2. The zero-order valence-electron chi connectivity index (χ0n) is 11.9. The highest BCUT2D eigenvalue weighted by atomic mass is 16.4. The molecular formula is C13H22N4O2. The minimum absolute atomic E-state index is 0.0567. The van der Waals surface area contributed by atoms with Gasteiger partial charge >= 0.3 is 5.97 Å². The Morgan fingerprint density at radius 1 is 1.42 bits per heavy atom. The summed E-state index contributed by atoms with van der Waals surface area (Å²) in [6.07, 6.45) is 1.54. The van der Waals surface area contributed by atoms with Gasteiger partial charge in [0.1, 0.15) is 18.0 Å². The maximum atomic E-state index is 10.6. The number of nitrogens with zero attached hydrogens (tertiary/aromatic N) is 3. The molecule has 0 fully saturated rings. The molecular weight excluding hydrogens is 244 g/mol. The third-order valence-electron chi connectivity index (χ3n) is 2.56. The van der Waals surface area contributed by atoms with E-state index in [-0.39, 0.29) is 12.5 Å². The lowest BCUT2D eigenvalue weighted by Gasteiger charge is -2.21. The van der Waals surface area contributed by atoms with E-state index in [4.69, 9.17) is 5.11 Å². The summed E-state index contributed by atoms with van der Waals surface area (Å²) in [4.78, 5) is 21.0. The molecule has 106 valence electrons. The van der Waals surface area contributed by atoms with Gasteiger partial charge in [0.15, 0.2) is 0 Å². The van der Waals surface area contributed by atoms with Crippen LogP contribution in [0.2, 0.25) is 0 Å². The van der Waals surface area contributed by atoms with Gasteiger partial charge in [-0.15, -0.1) is 0 Å². The molecule has 0 saturated heterocycles. The number of carboxylic acids is 1. The van der Waals surface area contributed by atoms with E-state index < -0.39 is 5.97 Å². The fourth-order valence-corrected chi connectivity index (χ4v) is 1.84. The van der Waals surface area contributed by atoms with Crippen molar-refractivity contribution in [2.24, 2.45) is 5.92 Å². The van der Waals surface area contributed by atoms with Crippen LogP contribution in [0.15, 0.2) is 12.4 Å². The molecule has 1 rings (SSSR count). The molecule has 1 aromatic rings. The highest BCUT2D eigenvalue weighted by Crippen LogP contribution is 2.15. The van der Waals surface area contributed by atoms with Crippen LogP contribution in [0.5, 0.6) is 0 Å². The number of carboxylic acid groups (broad SMARTS) is 1. The zero-order valence-corrected chi connectivity index (χ0v) is 11.9.